The van der Waals surface area contributed by atoms with Crippen LogP contribution in [0.2, 0.25) is 0 Å². The van der Waals surface area contributed by atoms with E-state index in [-0.39, 0.29) is 11.4 Å². The lowest BCUT2D eigenvalue weighted by Crippen LogP contribution is -2.07. The van der Waals surface area contributed by atoms with Crippen molar-refractivity contribution in [1.82, 2.24) is 0 Å². The quantitative estimate of drug-likeness (QED) is 0.494. The first-order chi connectivity index (χ1) is 9.63. The maximum Gasteiger partial charge on any atom is 0.275 e. The zero-order valence-corrected chi connectivity index (χ0v) is 10.7. The van der Waals surface area contributed by atoms with Crippen molar-refractivity contribution < 1.29 is 14.4 Å². The van der Waals surface area contributed by atoms with Gasteiger partial charge in [-0.3, -0.25) is 16.0 Å². The summed E-state index contributed by atoms with van der Waals surface area (Å²) in [6.45, 7) is 0. The second kappa shape index (κ2) is 5.89. The average molecular weight is 275 g/mol. The normalized spacial score (nSPS) is 9.90. The van der Waals surface area contributed by atoms with Crippen molar-refractivity contribution in [3.63, 3.8) is 0 Å². The Labute approximate surface area is 115 Å². The molecule has 2 aromatic carbocycles. The Morgan fingerprint density at radius 3 is 2.50 bits per heavy atom. The standard InChI is InChI=1S/C13H13N3O4/c1-19-12-4-2-3-5-13(12)20-11-7-9(15-14)6-10(8-11)16(17)18/h2-8,15H,14H2,1H3. The van der Waals surface area contributed by atoms with Crippen LogP contribution in [-0.4, -0.2) is 12.0 Å². The molecule has 0 heterocycles. The van der Waals surface area contributed by atoms with Gasteiger partial charge >= 0.3 is 0 Å². The van der Waals surface area contributed by atoms with Crippen LogP contribution in [0, 0.1) is 10.1 Å². The number of nitro groups is 1. The average Bonchev–Trinajstić information content (AvgIpc) is 2.47. The monoisotopic (exact) mass is 275 g/mol. The second-order valence-electron chi connectivity index (χ2n) is 3.87. The fourth-order valence-electron chi connectivity index (χ4n) is 1.66. The molecule has 0 unspecified atom stereocenters. The lowest BCUT2D eigenvalue weighted by Gasteiger charge is -2.10. The molecule has 0 saturated carbocycles. The van der Waals surface area contributed by atoms with Crippen LogP contribution in [0.4, 0.5) is 11.4 Å². The third-order valence-electron chi connectivity index (χ3n) is 2.57. The van der Waals surface area contributed by atoms with Gasteiger partial charge in [-0.1, -0.05) is 12.1 Å². The SMILES string of the molecule is COc1ccccc1Oc1cc(NN)cc([N+](=O)[O-])c1. The number of para-hydroxylation sites is 2. The fraction of sp³-hybridized carbons (Fsp3) is 0.0769. The zero-order valence-electron chi connectivity index (χ0n) is 10.7. The van der Waals surface area contributed by atoms with Gasteiger partial charge in [-0.15, -0.1) is 0 Å². The van der Waals surface area contributed by atoms with Crippen LogP contribution in [0.1, 0.15) is 0 Å². The van der Waals surface area contributed by atoms with Crippen LogP contribution >= 0.6 is 0 Å². The van der Waals surface area contributed by atoms with E-state index in [1.165, 1.54) is 19.2 Å². The number of benzene rings is 2. The van der Waals surface area contributed by atoms with Gasteiger partial charge in [-0.05, 0) is 12.1 Å². The Morgan fingerprint density at radius 1 is 1.20 bits per heavy atom. The molecule has 20 heavy (non-hydrogen) atoms. The van der Waals surface area contributed by atoms with Gasteiger partial charge in [0, 0.05) is 12.1 Å². The van der Waals surface area contributed by atoms with Gasteiger partial charge in [0.05, 0.1) is 23.8 Å². The summed E-state index contributed by atoms with van der Waals surface area (Å²) >= 11 is 0. The van der Waals surface area contributed by atoms with Gasteiger partial charge in [0.2, 0.25) is 0 Å². The highest BCUT2D eigenvalue weighted by atomic mass is 16.6. The molecule has 0 bridgehead atoms. The number of anilines is 1. The predicted octanol–water partition coefficient (Wildman–Crippen LogP) is 2.68. The number of hydrazine groups is 1. The van der Waals surface area contributed by atoms with Gasteiger partial charge < -0.3 is 14.9 Å². The summed E-state index contributed by atoms with van der Waals surface area (Å²) in [5.74, 6) is 6.56. The minimum Gasteiger partial charge on any atom is -0.493 e. The highest BCUT2D eigenvalue weighted by Gasteiger charge is 2.12. The molecule has 0 aliphatic rings. The number of nitrogens with one attached hydrogen (secondary N) is 1. The number of rotatable bonds is 5. The smallest absolute Gasteiger partial charge is 0.275 e. The van der Waals surface area contributed by atoms with Crippen molar-refractivity contribution in [3.05, 3.63) is 52.6 Å². The van der Waals surface area contributed by atoms with Crippen LogP contribution in [0.25, 0.3) is 0 Å². The molecule has 2 rings (SSSR count). The molecule has 0 aliphatic carbocycles. The number of nitrogens with two attached hydrogens (primary N) is 1. The number of nitrogen functional groups attached to an aromatic ring is 1. The second-order valence-corrected chi connectivity index (χ2v) is 3.87. The molecule has 2 aromatic rings. The Hall–Kier alpha value is -2.80. The number of nitrogens with zero attached hydrogens (tertiary/aromatic N) is 1. The molecule has 0 fully saturated rings. The minimum atomic E-state index is -0.518. The number of hydrogen-bond acceptors (Lipinski definition) is 6. The molecule has 0 saturated heterocycles. The van der Waals surface area contributed by atoms with Crippen LogP contribution < -0.4 is 20.7 Å². The lowest BCUT2D eigenvalue weighted by atomic mass is 10.2. The van der Waals surface area contributed by atoms with Crippen molar-refractivity contribution >= 4 is 11.4 Å². The van der Waals surface area contributed by atoms with E-state index < -0.39 is 4.92 Å². The third-order valence-corrected chi connectivity index (χ3v) is 2.57. The van der Waals surface area contributed by atoms with Crippen molar-refractivity contribution in [2.45, 2.75) is 0 Å². The molecule has 0 radical (unpaired) electrons. The number of methoxy groups -OCH3 is 1. The minimum absolute atomic E-state index is 0.120. The lowest BCUT2D eigenvalue weighted by molar-refractivity contribution is -0.384. The van der Waals surface area contributed by atoms with Crippen LogP contribution in [0.3, 0.4) is 0 Å². The van der Waals surface area contributed by atoms with Gasteiger partial charge in [-0.2, -0.15) is 0 Å². The summed E-state index contributed by atoms with van der Waals surface area (Å²) in [5.41, 5.74) is 2.62. The Kier molecular flexibility index (Phi) is 4.02. The molecule has 0 spiro atoms. The highest BCUT2D eigenvalue weighted by molar-refractivity contribution is 5.57. The van der Waals surface area contributed by atoms with Gasteiger partial charge in [-0.25, -0.2) is 0 Å². The van der Waals surface area contributed by atoms with Crippen LogP contribution in [-0.2, 0) is 0 Å². The number of non-ortho nitro benzene ring substituents is 1. The van der Waals surface area contributed by atoms with Crippen molar-refractivity contribution in [1.29, 1.82) is 0 Å². The number of nitro benzene ring substituents is 1. The van der Waals surface area contributed by atoms with E-state index in [9.17, 15) is 10.1 Å². The molecule has 3 N–H and O–H groups in total. The molecule has 104 valence electrons. The summed E-state index contributed by atoms with van der Waals surface area (Å²) in [6, 6.07) is 11.2. The van der Waals surface area contributed by atoms with Crippen molar-refractivity contribution in [2.24, 2.45) is 5.84 Å². The van der Waals surface area contributed by atoms with Crippen LogP contribution in [0.15, 0.2) is 42.5 Å². The molecule has 0 amide bonds. The molecular formula is C13H13N3O4. The first kappa shape index (κ1) is 13.6. The largest absolute Gasteiger partial charge is 0.493 e. The third kappa shape index (κ3) is 2.96. The molecule has 0 aliphatic heterocycles. The highest BCUT2D eigenvalue weighted by Crippen LogP contribution is 2.34. The molecule has 0 aromatic heterocycles. The summed E-state index contributed by atoms with van der Waals surface area (Å²) in [7, 11) is 1.52. The van der Waals surface area contributed by atoms with E-state index >= 15 is 0 Å². The fourth-order valence-corrected chi connectivity index (χ4v) is 1.66. The van der Waals surface area contributed by atoms with Crippen molar-refractivity contribution in [2.75, 3.05) is 12.5 Å². The van der Waals surface area contributed by atoms with Gasteiger partial charge in [0.15, 0.2) is 11.5 Å². The molecule has 7 nitrogen and oxygen atoms in total. The molecular weight excluding hydrogens is 262 g/mol. The number of hydrogen-bond donors (Lipinski definition) is 2. The van der Waals surface area contributed by atoms with E-state index in [4.69, 9.17) is 15.3 Å². The van der Waals surface area contributed by atoms with E-state index in [2.05, 4.69) is 5.43 Å². The maximum absolute atomic E-state index is 10.9. The van der Waals surface area contributed by atoms with E-state index in [1.807, 2.05) is 0 Å². The zero-order chi connectivity index (χ0) is 14.5. The number of ether oxygens (including phenoxy) is 2. The first-order valence-corrected chi connectivity index (χ1v) is 5.71. The van der Waals surface area contributed by atoms with Crippen molar-refractivity contribution in [3.8, 4) is 17.2 Å². The summed E-state index contributed by atoms with van der Waals surface area (Å²) in [5, 5.41) is 10.9. The predicted molar refractivity (Wildman–Crippen MR) is 74.0 cm³/mol. The summed E-state index contributed by atoms with van der Waals surface area (Å²) in [6.07, 6.45) is 0. The van der Waals surface area contributed by atoms with E-state index in [0.717, 1.165) is 0 Å². The Morgan fingerprint density at radius 2 is 1.90 bits per heavy atom. The maximum atomic E-state index is 10.9. The van der Waals surface area contributed by atoms with Gasteiger partial charge in [0.1, 0.15) is 5.75 Å². The van der Waals surface area contributed by atoms with Gasteiger partial charge in [0.25, 0.3) is 5.69 Å². The Bertz CT molecular complexity index is 631. The summed E-state index contributed by atoms with van der Waals surface area (Å²) in [4.78, 5) is 10.3. The van der Waals surface area contributed by atoms with E-state index in [1.54, 1.807) is 30.3 Å². The first-order valence-electron chi connectivity index (χ1n) is 5.71. The molecule has 0 atom stereocenters. The Balaban J connectivity index is 2.37. The molecule has 7 heteroatoms. The van der Waals surface area contributed by atoms with E-state index in [0.29, 0.717) is 17.2 Å². The summed E-state index contributed by atoms with van der Waals surface area (Å²) < 4.78 is 10.8. The topological polar surface area (TPSA) is 99.7 Å². The van der Waals surface area contributed by atoms with Crippen LogP contribution in [0.5, 0.6) is 17.2 Å².